The average molecular weight is 282 g/mol. The number of nitrogens with zero attached hydrogens (tertiary/aromatic N) is 1. The van der Waals surface area contributed by atoms with Gasteiger partial charge in [-0.05, 0) is 38.5 Å². The molecule has 3 heteroatoms. The summed E-state index contributed by atoms with van der Waals surface area (Å²) in [5.74, 6) is 0. The van der Waals surface area contributed by atoms with E-state index in [0.29, 0.717) is 23.7 Å². The fourth-order valence-electron chi connectivity index (χ4n) is 3.65. The van der Waals surface area contributed by atoms with E-state index in [2.05, 4.69) is 51.8 Å². The van der Waals surface area contributed by atoms with Crippen molar-refractivity contribution in [1.29, 1.82) is 0 Å². The smallest absolute Gasteiger partial charge is 0.0706 e. The minimum Gasteiger partial charge on any atom is -0.374 e. The molecule has 2 aliphatic heterocycles. The van der Waals surface area contributed by atoms with Crippen LogP contribution in [-0.4, -0.2) is 48.3 Å². The summed E-state index contributed by atoms with van der Waals surface area (Å²) in [6, 6.07) is 0.599. The maximum absolute atomic E-state index is 6.06. The molecule has 20 heavy (non-hydrogen) atoms. The van der Waals surface area contributed by atoms with Crippen LogP contribution in [0.1, 0.15) is 60.8 Å². The molecular formula is C17H34N2O. The van der Waals surface area contributed by atoms with Crippen molar-refractivity contribution in [2.75, 3.05) is 19.6 Å². The zero-order chi connectivity index (χ0) is 15.0. The predicted octanol–water partition coefficient (Wildman–Crippen LogP) is 3.04. The molecule has 2 saturated heterocycles. The van der Waals surface area contributed by atoms with Gasteiger partial charge in [-0.3, -0.25) is 4.90 Å². The van der Waals surface area contributed by atoms with E-state index in [1.54, 1.807) is 0 Å². The summed E-state index contributed by atoms with van der Waals surface area (Å²) in [6.07, 6.45) is 4.53. The van der Waals surface area contributed by atoms with Crippen LogP contribution in [0.25, 0.3) is 0 Å². The van der Waals surface area contributed by atoms with Crippen LogP contribution >= 0.6 is 0 Å². The molecule has 4 unspecified atom stereocenters. The van der Waals surface area contributed by atoms with E-state index in [-0.39, 0.29) is 5.54 Å². The number of hydrogen-bond acceptors (Lipinski definition) is 3. The highest BCUT2D eigenvalue weighted by Crippen LogP contribution is 2.31. The molecule has 2 fully saturated rings. The van der Waals surface area contributed by atoms with Crippen LogP contribution in [0.3, 0.4) is 0 Å². The number of piperazine rings is 1. The van der Waals surface area contributed by atoms with Crippen LogP contribution in [0, 0.1) is 5.41 Å². The first-order valence-corrected chi connectivity index (χ1v) is 8.38. The Morgan fingerprint density at radius 1 is 1.30 bits per heavy atom. The molecule has 0 aromatic carbocycles. The lowest BCUT2D eigenvalue weighted by Crippen LogP contribution is -2.66. The molecule has 2 rings (SSSR count). The Kier molecular flexibility index (Phi) is 4.83. The molecule has 4 atom stereocenters. The standard InChI is InChI=1S/C17H34N2O/c1-7-17(6)12-19(11-14-9-8-13(2)20-14)15(10-18-17)16(3,4)5/h13-15,18H,7-12H2,1-6H3. The van der Waals surface area contributed by atoms with Crippen LogP contribution in [0.2, 0.25) is 0 Å². The third-order valence-electron chi connectivity index (χ3n) is 5.25. The SMILES string of the molecule is CCC1(C)CN(CC2CCC(C)O2)C(C(C)(C)C)CN1. The van der Waals surface area contributed by atoms with Gasteiger partial charge in [0.25, 0.3) is 0 Å². The molecular weight excluding hydrogens is 248 g/mol. The molecule has 0 radical (unpaired) electrons. The lowest BCUT2D eigenvalue weighted by atomic mass is 9.81. The number of rotatable bonds is 3. The van der Waals surface area contributed by atoms with E-state index in [1.807, 2.05) is 0 Å². The molecule has 0 bridgehead atoms. The number of nitrogens with one attached hydrogen (secondary N) is 1. The molecule has 0 aromatic rings. The quantitative estimate of drug-likeness (QED) is 0.861. The highest BCUT2D eigenvalue weighted by Gasteiger charge is 2.41. The van der Waals surface area contributed by atoms with Crippen LogP contribution in [0.5, 0.6) is 0 Å². The second-order valence-electron chi connectivity index (χ2n) is 8.25. The summed E-state index contributed by atoms with van der Waals surface area (Å²) < 4.78 is 6.06. The molecule has 0 saturated carbocycles. The minimum absolute atomic E-state index is 0.256. The Morgan fingerprint density at radius 2 is 2.00 bits per heavy atom. The monoisotopic (exact) mass is 282 g/mol. The largest absolute Gasteiger partial charge is 0.374 e. The third-order valence-corrected chi connectivity index (χ3v) is 5.25. The highest BCUT2D eigenvalue weighted by atomic mass is 16.5. The molecule has 0 spiro atoms. The van der Waals surface area contributed by atoms with Crippen LogP contribution in [0.15, 0.2) is 0 Å². The Morgan fingerprint density at radius 3 is 2.50 bits per heavy atom. The fourth-order valence-corrected chi connectivity index (χ4v) is 3.65. The van der Waals surface area contributed by atoms with E-state index in [1.165, 1.54) is 19.3 Å². The second-order valence-corrected chi connectivity index (χ2v) is 8.25. The van der Waals surface area contributed by atoms with Crippen molar-refractivity contribution in [3.8, 4) is 0 Å². The summed E-state index contributed by atoms with van der Waals surface area (Å²) in [7, 11) is 0. The van der Waals surface area contributed by atoms with Gasteiger partial charge >= 0.3 is 0 Å². The topological polar surface area (TPSA) is 24.5 Å². The first-order chi connectivity index (χ1) is 9.23. The maximum Gasteiger partial charge on any atom is 0.0706 e. The van der Waals surface area contributed by atoms with E-state index in [0.717, 1.165) is 19.6 Å². The predicted molar refractivity (Wildman–Crippen MR) is 85.1 cm³/mol. The molecule has 3 nitrogen and oxygen atoms in total. The van der Waals surface area contributed by atoms with E-state index >= 15 is 0 Å². The Bertz CT molecular complexity index is 325. The molecule has 2 heterocycles. The lowest BCUT2D eigenvalue weighted by molar-refractivity contribution is -0.0248. The lowest BCUT2D eigenvalue weighted by Gasteiger charge is -2.51. The molecule has 118 valence electrons. The minimum atomic E-state index is 0.256. The van der Waals surface area contributed by atoms with Crippen molar-refractivity contribution < 1.29 is 4.74 Å². The average Bonchev–Trinajstić information content (AvgIpc) is 2.73. The number of hydrogen-bond donors (Lipinski definition) is 1. The zero-order valence-electron chi connectivity index (χ0n) is 14.3. The van der Waals surface area contributed by atoms with Gasteiger partial charge in [-0.25, -0.2) is 0 Å². The normalized spacial score (nSPS) is 40.2. The summed E-state index contributed by atoms with van der Waals surface area (Å²) in [6.45, 7) is 17.3. The summed E-state index contributed by atoms with van der Waals surface area (Å²) in [4.78, 5) is 2.70. The molecule has 0 amide bonds. The van der Waals surface area contributed by atoms with Gasteiger partial charge < -0.3 is 10.1 Å². The molecule has 0 aliphatic carbocycles. The van der Waals surface area contributed by atoms with Crippen LogP contribution < -0.4 is 5.32 Å². The third kappa shape index (κ3) is 3.75. The molecule has 2 aliphatic rings. The van der Waals surface area contributed by atoms with E-state index < -0.39 is 0 Å². The zero-order valence-corrected chi connectivity index (χ0v) is 14.3. The van der Waals surface area contributed by atoms with Gasteiger partial charge in [-0.15, -0.1) is 0 Å². The fraction of sp³-hybridized carbons (Fsp3) is 1.00. The van der Waals surface area contributed by atoms with Crippen molar-refractivity contribution in [3.63, 3.8) is 0 Å². The van der Waals surface area contributed by atoms with Crippen LogP contribution in [-0.2, 0) is 4.74 Å². The van der Waals surface area contributed by atoms with Gasteiger partial charge in [-0.2, -0.15) is 0 Å². The summed E-state index contributed by atoms with van der Waals surface area (Å²) >= 11 is 0. The van der Waals surface area contributed by atoms with Gasteiger partial charge in [0.05, 0.1) is 12.2 Å². The van der Waals surface area contributed by atoms with Crippen molar-refractivity contribution in [3.05, 3.63) is 0 Å². The van der Waals surface area contributed by atoms with Gasteiger partial charge in [-0.1, -0.05) is 27.7 Å². The first-order valence-electron chi connectivity index (χ1n) is 8.38. The number of ether oxygens (including phenoxy) is 1. The highest BCUT2D eigenvalue weighted by molar-refractivity contribution is 4.99. The Balaban J connectivity index is 2.05. The molecule has 0 aromatic heterocycles. The molecule has 1 N–H and O–H groups in total. The van der Waals surface area contributed by atoms with Gasteiger partial charge in [0.15, 0.2) is 0 Å². The van der Waals surface area contributed by atoms with E-state index in [9.17, 15) is 0 Å². The van der Waals surface area contributed by atoms with Crippen molar-refractivity contribution in [1.82, 2.24) is 10.2 Å². The second kappa shape index (κ2) is 5.94. The Labute approximate surface area is 125 Å². The summed E-state index contributed by atoms with van der Waals surface area (Å²) in [5.41, 5.74) is 0.568. The van der Waals surface area contributed by atoms with Gasteiger partial charge in [0.1, 0.15) is 0 Å². The Hall–Kier alpha value is -0.120. The van der Waals surface area contributed by atoms with Crippen molar-refractivity contribution in [2.24, 2.45) is 5.41 Å². The van der Waals surface area contributed by atoms with Crippen molar-refractivity contribution in [2.45, 2.75) is 84.6 Å². The maximum atomic E-state index is 6.06. The van der Waals surface area contributed by atoms with Gasteiger partial charge in [0.2, 0.25) is 0 Å². The van der Waals surface area contributed by atoms with Gasteiger partial charge in [0, 0.05) is 31.2 Å². The van der Waals surface area contributed by atoms with Crippen LogP contribution in [0.4, 0.5) is 0 Å². The van der Waals surface area contributed by atoms with E-state index in [4.69, 9.17) is 4.74 Å². The summed E-state index contributed by atoms with van der Waals surface area (Å²) in [5, 5.41) is 3.78. The first kappa shape index (κ1) is 16.3. The van der Waals surface area contributed by atoms with Crippen molar-refractivity contribution >= 4 is 0 Å².